The molecule has 6 nitrogen and oxygen atoms in total. The van der Waals surface area contributed by atoms with Gasteiger partial charge in [-0.05, 0) is 38.0 Å². The number of nitrogens with zero attached hydrogens (tertiary/aromatic N) is 3. The van der Waals surface area contributed by atoms with Crippen LogP contribution in [0.2, 0.25) is 0 Å². The number of para-hydroxylation sites is 1. The lowest BCUT2D eigenvalue weighted by Gasteiger charge is -2.29. The molecule has 1 unspecified atom stereocenters. The Labute approximate surface area is 163 Å². The highest BCUT2D eigenvalue weighted by Crippen LogP contribution is 2.39. The minimum absolute atomic E-state index is 0.00939. The van der Waals surface area contributed by atoms with Gasteiger partial charge in [0.05, 0.1) is 0 Å². The molecule has 4 rings (SSSR count). The number of rotatable bonds is 5. The molecule has 0 bridgehead atoms. The summed E-state index contributed by atoms with van der Waals surface area (Å²) in [6.07, 6.45) is 1.49. The third-order valence-electron chi connectivity index (χ3n) is 5.03. The summed E-state index contributed by atoms with van der Waals surface area (Å²) in [6, 6.07) is 15.6. The molecule has 2 heterocycles. The largest absolute Gasteiger partial charge is 0.489 e. The molecule has 28 heavy (non-hydrogen) atoms. The zero-order valence-corrected chi connectivity index (χ0v) is 16.1. The maximum absolute atomic E-state index is 12.5. The van der Waals surface area contributed by atoms with Crippen molar-refractivity contribution in [3.05, 3.63) is 82.8 Å². The molecule has 0 aliphatic carbocycles. The van der Waals surface area contributed by atoms with Crippen molar-refractivity contribution < 1.29 is 9.53 Å². The van der Waals surface area contributed by atoms with Crippen molar-refractivity contribution in [2.45, 2.75) is 33.4 Å². The summed E-state index contributed by atoms with van der Waals surface area (Å²) in [5, 5.41) is 7.52. The number of hydrogen-bond donors (Lipinski definition) is 1. The van der Waals surface area contributed by atoms with Crippen molar-refractivity contribution in [1.82, 2.24) is 14.8 Å². The first-order chi connectivity index (χ1) is 13.6. The van der Waals surface area contributed by atoms with Crippen molar-refractivity contribution in [3.63, 3.8) is 0 Å². The molecule has 1 aromatic heterocycles. The lowest BCUT2D eigenvalue weighted by atomic mass is 9.92. The number of ether oxygens (including phenoxy) is 1. The van der Waals surface area contributed by atoms with Crippen LogP contribution in [0.5, 0.6) is 5.75 Å². The number of carbonyl (C=O) groups is 1. The van der Waals surface area contributed by atoms with Crippen LogP contribution in [0.25, 0.3) is 0 Å². The first-order valence-corrected chi connectivity index (χ1v) is 9.20. The Bertz CT molecular complexity index is 1070. The van der Waals surface area contributed by atoms with E-state index in [2.05, 4.69) is 34.5 Å². The van der Waals surface area contributed by atoms with Gasteiger partial charge in [-0.2, -0.15) is 10.1 Å². The molecule has 1 N–H and O–H groups in total. The van der Waals surface area contributed by atoms with E-state index in [0.717, 1.165) is 22.6 Å². The van der Waals surface area contributed by atoms with Gasteiger partial charge in [0.2, 0.25) is 5.95 Å². The van der Waals surface area contributed by atoms with Gasteiger partial charge in [0.1, 0.15) is 24.7 Å². The van der Waals surface area contributed by atoms with Crippen molar-refractivity contribution in [2.24, 2.45) is 0 Å². The summed E-state index contributed by atoms with van der Waals surface area (Å²) in [7, 11) is 0. The maximum Gasteiger partial charge on any atom is 0.226 e. The van der Waals surface area contributed by atoms with Crippen molar-refractivity contribution in [2.75, 3.05) is 5.32 Å². The number of nitrogens with one attached hydrogen (secondary N) is 1. The number of hydrogen-bond acceptors (Lipinski definition) is 5. The Morgan fingerprint density at radius 2 is 1.89 bits per heavy atom. The Hall–Kier alpha value is -3.41. The molecule has 0 saturated carbocycles. The number of aromatic nitrogens is 3. The standard InChI is InChI=1S/C22H22N4O2/c1-14-8-4-5-9-17(14)12-28-19-11-7-6-10-18(19)21-20(16(3)27)15(2)25-22-23-13-24-26(21)22/h4-11,13,21H,12H2,1-3H3,(H,23,24,25). The van der Waals surface area contributed by atoms with E-state index in [1.807, 2.05) is 43.3 Å². The van der Waals surface area contributed by atoms with Gasteiger partial charge >= 0.3 is 0 Å². The molecule has 3 aromatic rings. The minimum atomic E-state index is -0.385. The van der Waals surface area contributed by atoms with E-state index < -0.39 is 0 Å². The molecule has 0 saturated heterocycles. The summed E-state index contributed by atoms with van der Waals surface area (Å²) in [5.74, 6) is 1.33. The molecular weight excluding hydrogens is 352 g/mol. The van der Waals surface area contributed by atoms with Crippen LogP contribution in [0.4, 0.5) is 5.95 Å². The van der Waals surface area contributed by atoms with Gasteiger partial charge in [0, 0.05) is 16.8 Å². The van der Waals surface area contributed by atoms with E-state index in [0.29, 0.717) is 18.1 Å². The first kappa shape index (κ1) is 18.0. The molecular formula is C22H22N4O2. The highest BCUT2D eigenvalue weighted by molar-refractivity contribution is 5.96. The molecule has 142 valence electrons. The molecule has 1 atom stereocenters. The molecule has 0 amide bonds. The normalized spacial score (nSPS) is 15.8. The highest BCUT2D eigenvalue weighted by Gasteiger charge is 2.33. The SMILES string of the molecule is CC(=O)C1=C(C)Nc2ncnn2C1c1ccccc1OCc1ccccc1C. The molecule has 1 aliphatic heterocycles. The van der Waals surface area contributed by atoms with Crippen LogP contribution in [0.1, 0.15) is 36.6 Å². The third kappa shape index (κ3) is 3.17. The van der Waals surface area contributed by atoms with E-state index in [1.54, 1.807) is 11.6 Å². The van der Waals surface area contributed by atoms with Gasteiger partial charge in [-0.3, -0.25) is 4.79 Å². The van der Waals surface area contributed by atoms with Crippen LogP contribution in [0.3, 0.4) is 0 Å². The first-order valence-electron chi connectivity index (χ1n) is 9.20. The molecule has 0 fully saturated rings. The number of Topliss-reactive ketones (excluding diaryl/α,β-unsaturated/α-hetero) is 1. The number of anilines is 1. The van der Waals surface area contributed by atoms with Gasteiger partial charge in [0.15, 0.2) is 5.78 Å². The minimum Gasteiger partial charge on any atom is -0.489 e. The van der Waals surface area contributed by atoms with Gasteiger partial charge in [-0.15, -0.1) is 0 Å². The molecule has 0 radical (unpaired) electrons. The zero-order valence-electron chi connectivity index (χ0n) is 16.1. The fourth-order valence-electron chi connectivity index (χ4n) is 3.60. The van der Waals surface area contributed by atoms with E-state index in [9.17, 15) is 4.79 Å². The van der Waals surface area contributed by atoms with Gasteiger partial charge in [-0.1, -0.05) is 42.5 Å². The van der Waals surface area contributed by atoms with E-state index in [-0.39, 0.29) is 11.8 Å². The highest BCUT2D eigenvalue weighted by atomic mass is 16.5. The molecule has 6 heteroatoms. The Balaban J connectivity index is 1.75. The Kier molecular flexibility index (Phi) is 4.69. The van der Waals surface area contributed by atoms with Gasteiger partial charge in [0.25, 0.3) is 0 Å². The summed E-state index contributed by atoms with van der Waals surface area (Å²) in [6.45, 7) is 5.99. The average molecular weight is 374 g/mol. The summed E-state index contributed by atoms with van der Waals surface area (Å²) in [4.78, 5) is 16.7. The second-order valence-corrected chi connectivity index (χ2v) is 6.90. The third-order valence-corrected chi connectivity index (χ3v) is 5.03. The number of allylic oxidation sites excluding steroid dienone is 2. The summed E-state index contributed by atoms with van der Waals surface area (Å²) in [5.41, 5.74) is 4.63. The number of ketones is 1. The number of carbonyl (C=O) groups excluding carboxylic acids is 1. The van der Waals surface area contributed by atoms with Crippen LogP contribution in [0, 0.1) is 6.92 Å². The van der Waals surface area contributed by atoms with E-state index >= 15 is 0 Å². The fourth-order valence-corrected chi connectivity index (χ4v) is 3.60. The van der Waals surface area contributed by atoms with Gasteiger partial charge < -0.3 is 10.1 Å². The Morgan fingerprint density at radius 1 is 1.14 bits per heavy atom. The van der Waals surface area contributed by atoms with Crippen LogP contribution >= 0.6 is 0 Å². The fraction of sp³-hybridized carbons (Fsp3) is 0.227. The summed E-state index contributed by atoms with van der Waals surface area (Å²) < 4.78 is 7.93. The lowest BCUT2D eigenvalue weighted by Crippen LogP contribution is -2.28. The monoisotopic (exact) mass is 374 g/mol. The molecule has 0 spiro atoms. The van der Waals surface area contributed by atoms with Gasteiger partial charge in [-0.25, -0.2) is 4.68 Å². The average Bonchev–Trinajstić information content (AvgIpc) is 3.14. The number of fused-ring (bicyclic) bond motifs is 1. The van der Waals surface area contributed by atoms with E-state index in [1.165, 1.54) is 11.9 Å². The Morgan fingerprint density at radius 3 is 2.68 bits per heavy atom. The maximum atomic E-state index is 12.5. The van der Waals surface area contributed by atoms with Crippen molar-refractivity contribution in [3.8, 4) is 5.75 Å². The second-order valence-electron chi connectivity index (χ2n) is 6.90. The summed E-state index contributed by atoms with van der Waals surface area (Å²) >= 11 is 0. The topological polar surface area (TPSA) is 69.0 Å². The predicted octanol–water partition coefficient (Wildman–Crippen LogP) is 4.04. The van der Waals surface area contributed by atoms with Crippen LogP contribution in [-0.2, 0) is 11.4 Å². The van der Waals surface area contributed by atoms with E-state index in [4.69, 9.17) is 4.74 Å². The van der Waals surface area contributed by atoms with Crippen LogP contribution in [-0.4, -0.2) is 20.5 Å². The zero-order chi connectivity index (χ0) is 19.7. The second kappa shape index (κ2) is 7.31. The van der Waals surface area contributed by atoms with Crippen LogP contribution < -0.4 is 10.1 Å². The smallest absolute Gasteiger partial charge is 0.226 e. The molecule has 1 aliphatic rings. The number of benzene rings is 2. The predicted molar refractivity (Wildman–Crippen MR) is 107 cm³/mol. The van der Waals surface area contributed by atoms with Crippen LogP contribution in [0.15, 0.2) is 66.1 Å². The quantitative estimate of drug-likeness (QED) is 0.730. The lowest BCUT2D eigenvalue weighted by molar-refractivity contribution is -0.114. The van der Waals surface area contributed by atoms with Crippen molar-refractivity contribution >= 4 is 11.7 Å². The van der Waals surface area contributed by atoms with Crippen molar-refractivity contribution in [1.29, 1.82) is 0 Å². The molecule has 2 aromatic carbocycles. The number of aryl methyl sites for hydroxylation is 1.